The molecule has 1 amide bonds. The lowest BCUT2D eigenvalue weighted by molar-refractivity contribution is 0.0926. The first-order chi connectivity index (χ1) is 11.9. The number of benzene rings is 2. The van der Waals surface area contributed by atoms with E-state index in [1.54, 1.807) is 6.07 Å². The molecule has 7 heteroatoms. The van der Waals surface area contributed by atoms with Crippen molar-refractivity contribution in [2.24, 2.45) is 5.92 Å². The fraction of sp³-hybridized carbons (Fsp3) is 0.389. The van der Waals surface area contributed by atoms with Gasteiger partial charge in [0.05, 0.1) is 25.0 Å². The van der Waals surface area contributed by atoms with Crippen molar-refractivity contribution in [3.05, 3.63) is 48.0 Å². The quantitative estimate of drug-likeness (QED) is 0.874. The molecule has 1 heterocycles. The molecule has 2 aromatic carbocycles. The van der Waals surface area contributed by atoms with Crippen LogP contribution in [0.2, 0.25) is 0 Å². The van der Waals surface area contributed by atoms with Gasteiger partial charge in [0.1, 0.15) is 0 Å². The van der Waals surface area contributed by atoms with Gasteiger partial charge in [-0.3, -0.25) is 4.79 Å². The fourth-order valence-corrected chi connectivity index (χ4v) is 4.09. The lowest BCUT2D eigenvalue weighted by Crippen LogP contribution is -2.43. The molecular weight excluding hydrogens is 340 g/mol. The third-order valence-corrected chi connectivity index (χ3v) is 6.47. The van der Waals surface area contributed by atoms with Crippen molar-refractivity contribution in [3.63, 3.8) is 0 Å². The van der Waals surface area contributed by atoms with Crippen LogP contribution in [0.25, 0.3) is 10.8 Å². The van der Waals surface area contributed by atoms with Crippen LogP contribution in [0.15, 0.2) is 42.5 Å². The smallest absolute Gasteiger partial charge is 0.251 e. The Bertz CT molecular complexity index is 880. The van der Waals surface area contributed by atoms with Crippen LogP contribution in [0.4, 0.5) is 0 Å². The molecule has 1 aliphatic rings. The molecule has 134 valence electrons. The molecule has 25 heavy (non-hydrogen) atoms. The molecule has 1 N–H and O–H groups in total. The lowest BCUT2D eigenvalue weighted by Gasteiger charge is -2.21. The molecule has 2 atom stereocenters. The van der Waals surface area contributed by atoms with E-state index in [1.807, 2.05) is 36.4 Å². The number of hydrogen-bond acceptors (Lipinski definition) is 4. The second kappa shape index (κ2) is 7.11. The van der Waals surface area contributed by atoms with Crippen molar-refractivity contribution >= 4 is 26.7 Å². The number of carbonyl (C=O) groups excluding carboxylic acids is 1. The Labute approximate surface area is 147 Å². The summed E-state index contributed by atoms with van der Waals surface area (Å²) in [4.78, 5) is 12.6. The van der Waals surface area contributed by atoms with Crippen LogP contribution >= 0.6 is 0 Å². The van der Waals surface area contributed by atoms with E-state index in [1.165, 1.54) is 18.4 Å². The fourth-order valence-electron chi connectivity index (χ4n) is 2.92. The van der Waals surface area contributed by atoms with Gasteiger partial charge < -0.3 is 10.1 Å². The number of ether oxygens (including phenoxy) is 1. The molecule has 3 rings (SSSR count). The van der Waals surface area contributed by atoms with Crippen LogP contribution < -0.4 is 5.32 Å². The number of fused-ring (bicyclic) bond motifs is 1. The number of rotatable bonds is 5. The number of amides is 1. The van der Waals surface area contributed by atoms with Crippen LogP contribution in [-0.4, -0.2) is 57.7 Å². The topological polar surface area (TPSA) is 75.7 Å². The Kier molecular flexibility index (Phi) is 5.08. The molecule has 0 radical (unpaired) electrons. The molecule has 0 saturated carbocycles. The van der Waals surface area contributed by atoms with Crippen molar-refractivity contribution in [2.75, 3.05) is 33.1 Å². The maximum absolute atomic E-state index is 12.6. The van der Waals surface area contributed by atoms with Crippen LogP contribution in [0.5, 0.6) is 0 Å². The van der Waals surface area contributed by atoms with E-state index in [0.717, 1.165) is 10.8 Å². The van der Waals surface area contributed by atoms with Gasteiger partial charge in [0, 0.05) is 25.6 Å². The molecule has 0 spiro atoms. The van der Waals surface area contributed by atoms with E-state index >= 15 is 0 Å². The highest BCUT2D eigenvalue weighted by atomic mass is 32.2. The van der Waals surface area contributed by atoms with Gasteiger partial charge >= 0.3 is 0 Å². The summed E-state index contributed by atoms with van der Waals surface area (Å²) >= 11 is 0. The van der Waals surface area contributed by atoms with E-state index in [0.29, 0.717) is 18.8 Å². The molecule has 2 aromatic rings. The third kappa shape index (κ3) is 4.00. The first-order valence-corrected chi connectivity index (χ1v) is 9.75. The molecular formula is C18H22N2O4S. The van der Waals surface area contributed by atoms with Crippen molar-refractivity contribution in [3.8, 4) is 0 Å². The van der Waals surface area contributed by atoms with Gasteiger partial charge in [-0.15, -0.1) is 0 Å². The normalized spacial score (nSPS) is 20.9. The molecule has 0 aliphatic carbocycles. The van der Waals surface area contributed by atoms with Crippen LogP contribution in [0.1, 0.15) is 10.4 Å². The van der Waals surface area contributed by atoms with E-state index in [9.17, 15) is 13.2 Å². The summed E-state index contributed by atoms with van der Waals surface area (Å²) in [6.07, 6.45) is 0. The van der Waals surface area contributed by atoms with Crippen molar-refractivity contribution < 1.29 is 17.9 Å². The van der Waals surface area contributed by atoms with E-state index in [2.05, 4.69) is 5.32 Å². The third-order valence-electron chi connectivity index (χ3n) is 4.51. The Hall–Kier alpha value is -1.96. The molecule has 1 saturated heterocycles. The molecule has 0 aromatic heterocycles. The van der Waals surface area contributed by atoms with Crippen LogP contribution in [-0.2, 0) is 14.8 Å². The van der Waals surface area contributed by atoms with Crippen molar-refractivity contribution in [1.82, 2.24) is 9.62 Å². The summed E-state index contributed by atoms with van der Waals surface area (Å²) in [7, 11) is -0.326. The van der Waals surface area contributed by atoms with Gasteiger partial charge in [0.25, 0.3) is 5.91 Å². The number of nitrogens with one attached hydrogen (secondary N) is 1. The monoisotopic (exact) mass is 362 g/mol. The molecule has 0 unspecified atom stereocenters. The Morgan fingerprint density at radius 3 is 2.60 bits per heavy atom. The molecule has 0 bridgehead atoms. The predicted octanol–water partition coefficient (Wildman–Crippen LogP) is 1.48. The molecule has 6 nitrogen and oxygen atoms in total. The van der Waals surface area contributed by atoms with E-state index in [4.69, 9.17) is 4.74 Å². The second-order valence-electron chi connectivity index (χ2n) is 6.50. The highest BCUT2D eigenvalue weighted by Gasteiger charge is 2.34. The number of hydrogen-bond donors (Lipinski definition) is 1. The Morgan fingerprint density at radius 2 is 1.88 bits per heavy atom. The summed E-state index contributed by atoms with van der Waals surface area (Å²) < 4.78 is 30.8. The van der Waals surface area contributed by atoms with Gasteiger partial charge in [-0.2, -0.15) is 0 Å². The van der Waals surface area contributed by atoms with Crippen LogP contribution in [0, 0.1) is 5.92 Å². The lowest BCUT2D eigenvalue weighted by atomic mass is 10.0. The maximum Gasteiger partial charge on any atom is 0.251 e. The average molecular weight is 362 g/mol. The zero-order chi connectivity index (χ0) is 18.0. The van der Waals surface area contributed by atoms with Gasteiger partial charge in [0.2, 0.25) is 10.0 Å². The highest BCUT2D eigenvalue weighted by molar-refractivity contribution is 7.89. The van der Waals surface area contributed by atoms with Crippen molar-refractivity contribution in [2.45, 2.75) is 6.04 Å². The Balaban J connectivity index is 1.72. The van der Waals surface area contributed by atoms with Crippen LogP contribution in [0.3, 0.4) is 0 Å². The SMILES string of the molecule is CN(C)S(=O)(=O)C[C@@H]1COC[C@@H]1NC(=O)c1ccc2ccccc2c1. The highest BCUT2D eigenvalue weighted by Crippen LogP contribution is 2.19. The number of carbonyl (C=O) groups is 1. The summed E-state index contributed by atoms with van der Waals surface area (Å²) in [5, 5.41) is 4.98. The zero-order valence-corrected chi connectivity index (χ0v) is 15.1. The molecule has 1 aliphatic heterocycles. The largest absolute Gasteiger partial charge is 0.379 e. The number of nitrogens with zero attached hydrogens (tertiary/aromatic N) is 1. The first kappa shape index (κ1) is 17.8. The minimum atomic E-state index is -3.34. The second-order valence-corrected chi connectivity index (χ2v) is 8.73. The van der Waals surface area contributed by atoms with Gasteiger partial charge in [-0.25, -0.2) is 12.7 Å². The van der Waals surface area contributed by atoms with Crippen molar-refractivity contribution in [1.29, 1.82) is 0 Å². The summed E-state index contributed by atoms with van der Waals surface area (Å²) in [6, 6.07) is 13.0. The van der Waals surface area contributed by atoms with Gasteiger partial charge in [-0.1, -0.05) is 30.3 Å². The zero-order valence-electron chi connectivity index (χ0n) is 14.3. The van der Waals surface area contributed by atoms with Gasteiger partial charge in [-0.05, 0) is 22.9 Å². The minimum absolute atomic E-state index is 0.0390. The van der Waals surface area contributed by atoms with Gasteiger partial charge in [0.15, 0.2) is 0 Å². The maximum atomic E-state index is 12.6. The summed E-state index contributed by atoms with van der Waals surface area (Å²) in [6.45, 7) is 0.655. The standard InChI is InChI=1S/C18H22N2O4S/c1-20(2)25(22,23)12-16-10-24-11-17(16)19-18(21)15-8-7-13-5-3-4-6-14(13)9-15/h3-9,16-17H,10-12H2,1-2H3,(H,19,21)/t16-,17-/m0/s1. The van der Waals surface area contributed by atoms with E-state index in [-0.39, 0.29) is 23.6 Å². The Morgan fingerprint density at radius 1 is 1.16 bits per heavy atom. The summed E-state index contributed by atoms with van der Waals surface area (Å²) in [5.74, 6) is -0.506. The molecule has 1 fully saturated rings. The average Bonchev–Trinajstić information content (AvgIpc) is 3.00. The summed E-state index contributed by atoms with van der Waals surface area (Å²) in [5.41, 5.74) is 0.555. The predicted molar refractivity (Wildman–Crippen MR) is 97.0 cm³/mol. The minimum Gasteiger partial charge on any atom is -0.379 e. The van der Waals surface area contributed by atoms with E-state index < -0.39 is 10.0 Å². The number of sulfonamides is 1. The first-order valence-electron chi connectivity index (χ1n) is 8.14.